The van der Waals surface area contributed by atoms with Gasteiger partial charge in [-0.05, 0) is 85.8 Å². The van der Waals surface area contributed by atoms with Crippen molar-refractivity contribution in [3.63, 3.8) is 0 Å². The SMILES string of the molecule is CCC(CC)c1cnc(-c2[c-]ccc3c2oc2nc(-c4c(C)cccc4C)ccc23)cc1C.[Ir].[c-]1ccccc1-c1ccccn1. The Kier molecular flexibility index (Phi) is 10.6. The first-order chi connectivity index (χ1) is 22.0. The number of aromatic nitrogens is 3. The van der Waals surface area contributed by atoms with Crippen molar-refractivity contribution in [2.45, 2.75) is 53.4 Å². The van der Waals surface area contributed by atoms with Gasteiger partial charge in [0.15, 0.2) is 0 Å². The van der Waals surface area contributed by atoms with Gasteiger partial charge in [0, 0.05) is 43.4 Å². The third kappa shape index (κ3) is 6.72. The molecule has 0 aliphatic rings. The molecule has 0 saturated carbocycles. The quantitative estimate of drug-likeness (QED) is 0.158. The predicted octanol–water partition coefficient (Wildman–Crippen LogP) is 10.9. The van der Waals surface area contributed by atoms with Crippen LogP contribution in [0.2, 0.25) is 0 Å². The first-order valence-corrected chi connectivity index (χ1v) is 15.6. The average molecular weight is 780 g/mol. The zero-order chi connectivity index (χ0) is 31.3. The van der Waals surface area contributed by atoms with Crippen molar-refractivity contribution in [2.24, 2.45) is 0 Å². The van der Waals surface area contributed by atoms with Crippen molar-refractivity contribution in [3.8, 4) is 33.8 Å². The van der Waals surface area contributed by atoms with Crippen molar-refractivity contribution >= 4 is 22.1 Å². The summed E-state index contributed by atoms with van der Waals surface area (Å²) in [6.45, 7) is 10.9. The minimum atomic E-state index is 0. The molecule has 0 amide bonds. The van der Waals surface area contributed by atoms with Crippen LogP contribution in [0.25, 0.3) is 55.8 Å². The molecule has 0 spiro atoms. The maximum Gasteiger partial charge on any atom is 0.216 e. The van der Waals surface area contributed by atoms with Crippen molar-refractivity contribution in [1.82, 2.24) is 15.0 Å². The largest absolute Gasteiger partial charge is 0.486 e. The fourth-order valence-corrected chi connectivity index (χ4v) is 6.10. The van der Waals surface area contributed by atoms with Crippen molar-refractivity contribution < 1.29 is 24.5 Å². The van der Waals surface area contributed by atoms with Gasteiger partial charge in [-0.3, -0.25) is 0 Å². The Morgan fingerprint density at radius 2 is 1.48 bits per heavy atom. The average Bonchev–Trinajstić information content (AvgIpc) is 3.45. The Balaban J connectivity index is 0.000000269. The van der Waals surface area contributed by atoms with Crippen LogP contribution in [-0.2, 0) is 20.1 Å². The van der Waals surface area contributed by atoms with Crippen LogP contribution < -0.4 is 0 Å². The number of aryl methyl sites for hydroxylation is 3. The van der Waals surface area contributed by atoms with Crippen LogP contribution in [0.4, 0.5) is 0 Å². The molecule has 0 aliphatic heterocycles. The van der Waals surface area contributed by atoms with Crippen LogP contribution in [0.1, 0.15) is 54.9 Å². The number of benzene rings is 3. The number of furan rings is 1. The van der Waals surface area contributed by atoms with Crippen molar-refractivity contribution in [1.29, 1.82) is 0 Å². The fourth-order valence-electron chi connectivity index (χ4n) is 6.10. The molecule has 233 valence electrons. The molecule has 0 aliphatic carbocycles. The number of nitrogens with zero attached hydrogens (tertiary/aromatic N) is 3. The van der Waals surface area contributed by atoms with E-state index in [1.165, 1.54) is 27.8 Å². The fraction of sp³-hybridized carbons (Fsp3) is 0.195. The standard InChI is InChI=1S/C30H29N2O.C11H8N.Ir/c1-6-21(7-2)25-17-31-27(16-20(25)5)24-13-9-12-22-23-14-15-26(32-30(23)33-29(22)24)28-18(3)10-8-11-19(28)4;1-2-6-10(7-3-1)11-8-4-5-9-12-11;/h8-12,14-17,21H,6-7H2,1-5H3;1-6,8-9H;/q2*-1;. The van der Waals surface area contributed by atoms with Gasteiger partial charge < -0.3 is 14.4 Å². The second kappa shape index (κ2) is 14.8. The van der Waals surface area contributed by atoms with Gasteiger partial charge in [0.2, 0.25) is 5.71 Å². The third-order valence-corrected chi connectivity index (χ3v) is 8.52. The van der Waals surface area contributed by atoms with Gasteiger partial charge in [-0.2, -0.15) is 0 Å². The Bertz CT molecular complexity index is 2010. The van der Waals surface area contributed by atoms with Crippen LogP contribution in [0.5, 0.6) is 0 Å². The maximum atomic E-state index is 6.36. The zero-order valence-electron chi connectivity index (χ0n) is 26.9. The monoisotopic (exact) mass is 780 g/mol. The first kappa shape index (κ1) is 32.9. The molecule has 3 aromatic carbocycles. The summed E-state index contributed by atoms with van der Waals surface area (Å²) in [6.07, 6.45) is 6.07. The van der Waals surface area contributed by atoms with Crippen LogP contribution >= 0.6 is 0 Å². The molecule has 0 saturated heterocycles. The van der Waals surface area contributed by atoms with Gasteiger partial charge >= 0.3 is 0 Å². The summed E-state index contributed by atoms with van der Waals surface area (Å²) >= 11 is 0. The Morgan fingerprint density at radius 3 is 2.15 bits per heavy atom. The molecule has 0 fully saturated rings. The van der Waals surface area contributed by atoms with Gasteiger partial charge in [-0.25, -0.2) is 4.98 Å². The molecule has 4 aromatic heterocycles. The summed E-state index contributed by atoms with van der Waals surface area (Å²) in [5, 5.41) is 2.06. The molecule has 0 atom stereocenters. The topological polar surface area (TPSA) is 51.8 Å². The number of hydrogen-bond donors (Lipinski definition) is 0. The molecule has 1 radical (unpaired) electrons. The van der Waals surface area contributed by atoms with E-state index in [2.05, 4.69) is 94.2 Å². The van der Waals surface area contributed by atoms with E-state index in [1.54, 1.807) is 6.20 Å². The molecule has 46 heavy (non-hydrogen) atoms. The van der Waals surface area contributed by atoms with E-state index < -0.39 is 0 Å². The minimum absolute atomic E-state index is 0. The summed E-state index contributed by atoms with van der Waals surface area (Å²) in [5.41, 5.74) is 12.4. The molecule has 5 heteroatoms. The summed E-state index contributed by atoms with van der Waals surface area (Å²) in [5.74, 6) is 0.546. The van der Waals surface area contributed by atoms with Crippen LogP contribution in [0, 0.1) is 32.9 Å². The van der Waals surface area contributed by atoms with Crippen LogP contribution in [-0.4, -0.2) is 15.0 Å². The van der Waals surface area contributed by atoms with E-state index in [4.69, 9.17) is 14.4 Å². The predicted molar refractivity (Wildman–Crippen MR) is 185 cm³/mol. The number of hydrogen-bond acceptors (Lipinski definition) is 4. The van der Waals surface area contributed by atoms with Crippen molar-refractivity contribution in [2.75, 3.05) is 0 Å². The third-order valence-electron chi connectivity index (χ3n) is 8.52. The Labute approximate surface area is 285 Å². The molecule has 7 aromatic rings. The molecular weight excluding hydrogens is 743 g/mol. The van der Waals surface area contributed by atoms with Crippen LogP contribution in [0.15, 0.2) is 108 Å². The number of fused-ring (bicyclic) bond motifs is 3. The smallest absolute Gasteiger partial charge is 0.216 e. The second-order valence-electron chi connectivity index (χ2n) is 11.4. The summed E-state index contributed by atoms with van der Waals surface area (Å²) in [7, 11) is 0. The van der Waals surface area contributed by atoms with E-state index in [1.807, 2.05) is 54.7 Å². The van der Waals surface area contributed by atoms with Crippen molar-refractivity contribution in [3.05, 3.63) is 138 Å². The normalized spacial score (nSPS) is 10.9. The zero-order valence-corrected chi connectivity index (χ0v) is 29.3. The van der Waals surface area contributed by atoms with E-state index in [0.717, 1.165) is 57.4 Å². The summed E-state index contributed by atoms with van der Waals surface area (Å²) in [6, 6.07) is 36.9. The maximum absolute atomic E-state index is 6.36. The molecule has 4 heterocycles. The van der Waals surface area contributed by atoms with Crippen LogP contribution in [0.3, 0.4) is 0 Å². The summed E-state index contributed by atoms with van der Waals surface area (Å²) < 4.78 is 6.36. The van der Waals surface area contributed by atoms with Gasteiger partial charge in [0.25, 0.3) is 0 Å². The van der Waals surface area contributed by atoms with Gasteiger partial charge in [0.05, 0.1) is 11.3 Å². The first-order valence-electron chi connectivity index (χ1n) is 15.6. The van der Waals surface area contributed by atoms with E-state index in [9.17, 15) is 0 Å². The molecule has 0 N–H and O–H groups in total. The second-order valence-corrected chi connectivity index (χ2v) is 11.4. The molecular formula is C41H37IrN3O-2. The summed E-state index contributed by atoms with van der Waals surface area (Å²) in [4.78, 5) is 14.0. The van der Waals surface area contributed by atoms with Gasteiger partial charge in [-0.1, -0.05) is 66.8 Å². The Hall–Kier alpha value is -4.44. The molecule has 4 nitrogen and oxygen atoms in total. The number of rotatable bonds is 6. The van der Waals surface area contributed by atoms with Gasteiger partial charge in [0.1, 0.15) is 0 Å². The Morgan fingerprint density at radius 1 is 0.696 bits per heavy atom. The minimum Gasteiger partial charge on any atom is -0.486 e. The van der Waals surface area contributed by atoms with E-state index in [0.29, 0.717) is 11.6 Å². The van der Waals surface area contributed by atoms with E-state index in [-0.39, 0.29) is 20.1 Å². The van der Waals surface area contributed by atoms with E-state index >= 15 is 0 Å². The van der Waals surface area contributed by atoms with Gasteiger partial charge in [-0.15, -0.1) is 54.1 Å². The molecule has 7 rings (SSSR count). The molecule has 0 bridgehead atoms. The number of pyridine rings is 3. The molecule has 0 unspecified atom stereocenters.